The number of benzene rings is 1. The van der Waals surface area contributed by atoms with Gasteiger partial charge in [0, 0.05) is 39.0 Å². The van der Waals surface area contributed by atoms with Crippen molar-refractivity contribution in [3.05, 3.63) is 57.1 Å². The number of halogens is 4. The predicted octanol–water partition coefficient (Wildman–Crippen LogP) is 4.10. The number of rotatable bonds is 6. The van der Waals surface area contributed by atoms with Crippen LogP contribution in [0.15, 0.2) is 29.3 Å². The van der Waals surface area contributed by atoms with Gasteiger partial charge in [-0.1, -0.05) is 29.3 Å². The Bertz CT molecular complexity index is 767. The fourth-order valence-electron chi connectivity index (χ4n) is 2.34. The van der Waals surface area contributed by atoms with E-state index in [2.05, 4.69) is 15.6 Å². The average Bonchev–Trinajstić information content (AvgIpc) is 2.85. The van der Waals surface area contributed by atoms with Crippen molar-refractivity contribution in [2.45, 2.75) is 19.7 Å². The zero-order chi connectivity index (χ0) is 18.4. The van der Waals surface area contributed by atoms with Crippen LogP contribution in [0.25, 0.3) is 0 Å². The summed E-state index contributed by atoms with van der Waals surface area (Å²) in [6.45, 7) is 1.26. The van der Waals surface area contributed by atoms with Gasteiger partial charge in [0.05, 0.1) is 18.2 Å². The van der Waals surface area contributed by atoms with Crippen molar-refractivity contribution >= 4 is 53.1 Å². The van der Waals surface area contributed by atoms with Crippen LogP contribution in [0.4, 0.5) is 4.39 Å². The van der Waals surface area contributed by atoms with Crippen LogP contribution in [-0.4, -0.2) is 24.7 Å². The van der Waals surface area contributed by atoms with E-state index in [1.54, 1.807) is 29.8 Å². The van der Waals surface area contributed by atoms with Crippen molar-refractivity contribution in [3.63, 3.8) is 0 Å². The summed E-state index contributed by atoms with van der Waals surface area (Å²) in [6, 6.07) is 6.75. The topological polar surface area (TPSA) is 50.6 Å². The van der Waals surface area contributed by atoms with Crippen LogP contribution in [-0.2, 0) is 31.5 Å². The van der Waals surface area contributed by atoms with Gasteiger partial charge in [-0.2, -0.15) is 0 Å². The second kappa shape index (κ2) is 11.0. The number of nitrogens with zero attached hydrogens (tertiary/aromatic N) is 2. The minimum atomic E-state index is -0.273. The molecule has 0 spiro atoms. The van der Waals surface area contributed by atoms with Gasteiger partial charge in [-0.05, 0) is 23.8 Å². The number of hydrogen-bond donors (Lipinski definition) is 2. The largest absolute Gasteiger partial charge is 0.380 e. The molecule has 0 aliphatic rings. The maximum absolute atomic E-state index is 13.6. The molecule has 0 fully saturated rings. The minimum absolute atomic E-state index is 0. The van der Waals surface area contributed by atoms with Gasteiger partial charge in [0.15, 0.2) is 5.96 Å². The second-order valence-corrected chi connectivity index (χ2v) is 6.24. The van der Waals surface area contributed by atoms with Gasteiger partial charge in [-0.3, -0.25) is 4.99 Å². The highest BCUT2D eigenvalue weighted by Crippen LogP contribution is 2.24. The van der Waals surface area contributed by atoms with Gasteiger partial charge >= 0.3 is 0 Å². The Kier molecular flexibility index (Phi) is 9.70. The number of methoxy groups -OCH3 is 1. The lowest BCUT2D eigenvalue weighted by Gasteiger charge is -2.13. The third-order valence-corrected chi connectivity index (χ3v) is 4.59. The Balaban J connectivity index is 0.00000338. The quantitative estimate of drug-likeness (QED) is 0.346. The van der Waals surface area contributed by atoms with Crippen molar-refractivity contribution in [3.8, 4) is 0 Å². The van der Waals surface area contributed by atoms with E-state index >= 15 is 0 Å². The van der Waals surface area contributed by atoms with Crippen LogP contribution < -0.4 is 10.6 Å². The van der Waals surface area contributed by atoms with E-state index in [9.17, 15) is 4.39 Å². The first-order chi connectivity index (χ1) is 12.0. The Morgan fingerprint density at radius 3 is 2.50 bits per heavy atom. The molecule has 0 aliphatic heterocycles. The average molecular weight is 515 g/mol. The van der Waals surface area contributed by atoms with Gasteiger partial charge in [0.25, 0.3) is 0 Å². The van der Waals surface area contributed by atoms with Crippen LogP contribution >= 0.6 is 47.2 Å². The number of nitrogens with one attached hydrogen (secondary N) is 2. The van der Waals surface area contributed by atoms with Crippen LogP contribution in [0.2, 0.25) is 10.2 Å². The van der Waals surface area contributed by atoms with Gasteiger partial charge in [-0.15, -0.1) is 24.0 Å². The summed E-state index contributed by atoms with van der Waals surface area (Å²) in [5.74, 6) is 0.344. The molecule has 2 N–H and O–H groups in total. The van der Waals surface area contributed by atoms with Crippen LogP contribution in [0, 0.1) is 5.82 Å². The zero-order valence-corrected chi connectivity index (χ0v) is 18.6. The number of guanidine groups is 1. The van der Waals surface area contributed by atoms with E-state index in [4.69, 9.17) is 27.9 Å². The third kappa shape index (κ3) is 6.00. The maximum atomic E-state index is 13.6. The lowest BCUT2D eigenvalue weighted by atomic mass is 10.1. The molecule has 9 heteroatoms. The molecule has 2 aromatic rings. The van der Waals surface area contributed by atoms with Crippen molar-refractivity contribution in [2.24, 2.45) is 12.0 Å². The number of aliphatic imine (C=N–C) groups is 1. The molecule has 0 saturated carbocycles. The summed E-state index contributed by atoms with van der Waals surface area (Å²) in [5, 5.41) is 7.39. The summed E-state index contributed by atoms with van der Waals surface area (Å²) >= 11 is 12.1. The third-order valence-electron chi connectivity index (χ3n) is 3.75. The first-order valence-electron chi connectivity index (χ1n) is 7.66. The molecule has 0 unspecified atom stereocenters. The molecule has 0 saturated heterocycles. The number of hydrogen-bond acceptors (Lipinski definition) is 2. The van der Waals surface area contributed by atoms with Crippen LogP contribution in [0.1, 0.15) is 16.8 Å². The molecule has 0 atom stereocenters. The highest BCUT2D eigenvalue weighted by molar-refractivity contribution is 14.0. The highest BCUT2D eigenvalue weighted by atomic mass is 127. The Morgan fingerprint density at radius 1 is 1.23 bits per heavy atom. The van der Waals surface area contributed by atoms with Crippen molar-refractivity contribution in [1.29, 1.82) is 0 Å². The van der Waals surface area contributed by atoms with Crippen molar-refractivity contribution < 1.29 is 9.13 Å². The number of aromatic nitrogens is 1. The van der Waals surface area contributed by atoms with E-state index in [0.717, 1.165) is 11.3 Å². The molecule has 5 nitrogen and oxygen atoms in total. The summed E-state index contributed by atoms with van der Waals surface area (Å²) in [4.78, 5) is 4.17. The lowest BCUT2D eigenvalue weighted by Crippen LogP contribution is -2.36. The molecule has 0 bridgehead atoms. The molecule has 0 radical (unpaired) electrons. The number of ether oxygens (including phenoxy) is 1. The van der Waals surface area contributed by atoms with Gasteiger partial charge in [0.2, 0.25) is 0 Å². The smallest absolute Gasteiger partial charge is 0.191 e. The fourth-order valence-corrected chi connectivity index (χ4v) is 2.76. The summed E-state index contributed by atoms with van der Waals surface area (Å²) < 4.78 is 20.4. The lowest BCUT2D eigenvalue weighted by molar-refractivity contribution is 0.181. The predicted molar refractivity (Wildman–Crippen MR) is 115 cm³/mol. The normalized spacial score (nSPS) is 11.2. The second-order valence-electron chi connectivity index (χ2n) is 5.47. The fraction of sp³-hybridized carbons (Fsp3) is 0.353. The van der Waals surface area contributed by atoms with E-state index in [1.807, 2.05) is 7.05 Å². The first-order valence-corrected chi connectivity index (χ1v) is 8.42. The van der Waals surface area contributed by atoms with Crippen LogP contribution in [0.5, 0.6) is 0 Å². The molecule has 144 valence electrons. The van der Waals surface area contributed by atoms with Crippen molar-refractivity contribution in [2.75, 3.05) is 14.2 Å². The molecule has 2 rings (SSSR count). The Labute approximate surface area is 179 Å². The first kappa shape index (κ1) is 23.0. The van der Waals surface area contributed by atoms with Gasteiger partial charge in [0.1, 0.15) is 11.0 Å². The zero-order valence-electron chi connectivity index (χ0n) is 14.8. The molecule has 1 heterocycles. The van der Waals surface area contributed by atoms with Crippen molar-refractivity contribution in [1.82, 2.24) is 15.2 Å². The highest BCUT2D eigenvalue weighted by Gasteiger charge is 2.09. The van der Waals surface area contributed by atoms with E-state index < -0.39 is 0 Å². The van der Waals surface area contributed by atoms with E-state index in [-0.39, 0.29) is 36.4 Å². The SMILES string of the molecule is CN=C(NCc1ccc(F)c(COC)c1)NCc1cc(Cl)c(Cl)n1C.I. The summed E-state index contributed by atoms with van der Waals surface area (Å²) in [6.07, 6.45) is 0. The molecule has 1 aromatic heterocycles. The van der Waals surface area contributed by atoms with E-state index in [1.165, 1.54) is 13.2 Å². The van der Waals surface area contributed by atoms with Crippen LogP contribution in [0.3, 0.4) is 0 Å². The van der Waals surface area contributed by atoms with Gasteiger partial charge < -0.3 is 19.9 Å². The molecule has 0 amide bonds. The summed E-state index contributed by atoms with van der Waals surface area (Å²) in [5.41, 5.74) is 2.39. The molecule has 1 aromatic carbocycles. The minimum Gasteiger partial charge on any atom is -0.380 e. The Hall–Kier alpha value is -1.03. The molecular formula is C17H22Cl2FIN4O. The summed E-state index contributed by atoms with van der Waals surface area (Å²) in [7, 11) is 5.07. The Morgan fingerprint density at radius 2 is 1.92 bits per heavy atom. The molecule has 26 heavy (non-hydrogen) atoms. The van der Waals surface area contributed by atoms with Gasteiger partial charge in [-0.25, -0.2) is 4.39 Å². The molecular weight excluding hydrogens is 493 g/mol. The van der Waals surface area contributed by atoms with E-state index in [0.29, 0.717) is 34.8 Å². The molecule has 0 aliphatic carbocycles. The maximum Gasteiger partial charge on any atom is 0.191 e. The monoisotopic (exact) mass is 514 g/mol. The standard InChI is InChI=1S/C17H21Cl2FN4O.HI/c1-21-17(23-9-13-7-14(18)16(19)24(13)2)22-8-11-4-5-15(20)12(6-11)10-25-3;/h4-7H,8-10H2,1-3H3,(H2,21,22,23);1H.